The molecule has 0 aliphatic rings. The molecular formula is C9H18O2S2. The van der Waals surface area contributed by atoms with Crippen molar-refractivity contribution in [3.8, 4) is 0 Å². The minimum atomic E-state index is 0.252. The number of hydrogen-bond acceptors (Lipinski definition) is 4. The molecule has 0 radical (unpaired) electrons. The smallest absolute Gasteiger partial charge is 0.0701 e. The Labute approximate surface area is 91.5 Å². The number of thiol groups is 2. The van der Waals surface area contributed by atoms with Crippen molar-refractivity contribution in [1.82, 2.24) is 0 Å². The van der Waals surface area contributed by atoms with Gasteiger partial charge in [0.1, 0.15) is 0 Å². The Morgan fingerprint density at radius 2 is 1.92 bits per heavy atom. The third kappa shape index (κ3) is 10.3. The van der Waals surface area contributed by atoms with E-state index < -0.39 is 0 Å². The van der Waals surface area contributed by atoms with Crippen LogP contribution in [-0.4, -0.2) is 37.4 Å². The highest BCUT2D eigenvalue weighted by Crippen LogP contribution is 2.01. The molecular weight excluding hydrogens is 204 g/mol. The Kier molecular flexibility index (Phi) is 10.7. The van der Waals surface area contributed by atoms with Crippen molar-refractivity contribution < 1.29 is 9.47 Å². The Bertz CT molecular complexity index is 120. The van der Waals surface area contributed by atoms with Gasteiger partial charge in [-0.1, -0.05) is 6.08 Å². The molecule has 2 nitrogen and oxygen atoms in total. The zero-order valence-corrected chi connectivity index (χ0v) is 9.60. The Hall–Kier alpha value is 0.360. The van der Waals surface area contributed by atoms with Crippen LogP contribution in [-0.2, 0) is 9.47 Å². The van der Waals surface area contributed by atoms with Crippen LogP contribution >= 0.6 is 25.3 Å². The monoisotopic (exact) mass is 222 g/mol. The van der Waals surface area contributed by atoms with E-state index in [0.29, 0.717) is 26.4 Å². The van der Waals surface area contributed by atoms with E-state index in [1.807, 2.05) is 6.08 Å². The Balaban J connectivity index is 3.01. The lowest BCUT2D eigenvalue weighted by Gasteiger charge is -2.08. The summed E-state index contributed by atoms with van der Waals surface area (Å²) in [5, 5.41) is 0.252. The first-order valence-electron chi connectivity index (χ1n) is 4.36. The molecule has 0 bridgehead atoms. The molecule has 0 spiro atoms. The summed E-state index contributed by atoms with van der Waals surface area (Å²) in [5.41, 5.74) is 0. The first-order chi connectivity index (χ1) is 6.31. The van der Waals surface area contributed by atoms with E-state index >= 15 is 0 Å². The molecule has 0 aromatic rings. The second-order valence-corrected chi connectivity index (χ2v) is 3.77. The summed E-state index contributed by atoms with van der Waals surface area (Å²) in [6.45, 7) is 6.23. The van der Waals surface area contributed by atoms with Crippen LogP contribution in [0.15, 0.2) is 12.7 Å². The van der Waals surface area contributed by atoms with Crippen molar-refractivity contribution in [1.29, 1.82) is 0 Å². The van der Waals surface area contributed by atoms with E-state index in [0.717, 1.165) is 12.2 Å². The van der Waals surface area contributed by atoms with Gasteiger partial charge >= 0.3 is 0 Å². The fourth-order valence-corrected chi connectivity index (χ4v) is 1.15. The zero-order valence-electron chi connectivity index (χ0n) is 7.82. The van der Waals surface area contributed by atoms with Crippen LogP contribution in [0.5, 0.6) is 0 Å². The van der Waals surface area contributed by atoms with Gasteiger partial charge in [-0.15, -0.1) is 6.58 Å². The van der Waals surface area contributed by atoms with Crippen molar-refractivity contribution >= 4 is 25.3 Å². The highest BCUT2D eigenvalue weighted by Gasteiger charge is 1.99. The van der Waals surface area contributed by atoms with E-state index in [2.05, 4.69) is 31.8 Å². The molecule has 0 aliphatic carbocycles. The molecule has 0 aromatic heterocycles. The van der Waals surface area contributed by atoms with Crippen molar-refractivity contribution in [2.45, 2.75) is 11.7 Å². The van der Waals surface area contributed by atoms with Crippen molar-refractivity contribution in [2.75, 3.05) is 32.2 Å². The van der Waals surface area contributed by atoms with Gasteiger partial charge in [-0.25, -0.2) is 0 Å². The van der Waals surface area contributed by atoms with Crippen LogP contribution in [0.2, 0.25) is 0 Å². The van der Waals surface area contributed by atoms with Gasteiger partial charge in [-0.3, -0.25) is 0 Å². The van der Waals surface area contributed by atoms with Crippen LogP contribution < -0.4 is 0 Å². The number of rotatable bonds is 9. The number of hydrogen-bond donors (Lipinski definition) is 2. The topological polar surface area (TPSA) is 18.5 Å². The maximum absolute atomic E-state index is 5.32. The maximum atomic E-state index is 5.32. The average molecular weight is 222 g/mol. The van der Waals surface area contributed by atoms with Crippen LogP contribution in [0.4, 0.5) is 0 Å². The van der Waals surface area contributed by atoms with Crippen molar-refractivity contribution in [3.05, 3.63) is 12.7 Å². The second kappa shape index (κ2) is 10.4. The van der Waals surface area contributed by atoms with E-state index in [-0.39, 0.29) is 5.25 Å². The van der Waals surface area contributed by atoms with Gasteiger partial charge in [0, 0.05) is 11.0 Å². The quantitative estimate of drug-likeness (QED) is 0.352. The van der Waals surface area contributed by atoms with Crippen molar-refractivity contribution in [3.63, 3.8) is 0 Å². The fraction of sp³-hybridized carbons (Fsp3) is 0.778. The highest BCUT2D eigenvalue weighted by molar-refractivity contribution is 7.81. The lowest BCUT2D eigenvalue weighted by atomic mass is 10.3. The largest absolute Gasteiger partial charge is 0.378 e. The third-order valence-corrected chi connectivity index (χ3v) is 1.90. The number of ether oxygens (including phenoxy) is 2. The maximum Gasteiger partial charge on any atom is 0.0701 e. The molecule has 0 saturated carbocycles. The summed E-state index contributed by atoms with van der Waals surface area (Å²) in [4.78, 5) is 0. The summed E-state index contributed by atoms with van der Waals surface area (Å²) >= 11 is 8.32. The van der Waals surface area contributed by atoms with Crippen molar-refractivity contribution in [2.24, 2.45) is 0 Å². The van der Waals surface area contributed by atoms with Gasteiger partial charge in [-0.05, 0) is 6.42 Å². The molecule has 1 unspecified atom stereocenters. The molecule has 1 atom stereocenters. The van der Waals surface area contributed by atoms with E-state index in [4.69, 9.17) is 9.47 Å². The lowest BCUT2D eigenvalue weighted by Crippen LogP contribution is -2.12. The average Bonchev–Trinajstić information content (AvgIpc) is 2.11. The minimum absolute atomic E-state index is 0.252. The molecule has 0 aliphatic heterocycles. The molecule has 0 fully saturated rings. The van der Waals surface area contributed by atoms with E-state index in [9.17, 15) is 0 Å². The summed E-state index contributed by atoms with van der Waals surface area (Å²) < 4.78 is 10.5. The third-order valence-electron chi connectivity index (χ3n) is 1.36. The molecule has 13 heavy (non-hydrogen) atoms. The summed E-state index contributed by atoms with van der Waals surface area (Å²) in [6, 6.07) is 0. The van der Waals surface area contributed by atoms with E-state index in [1.165, 1.54) is 0 Å². The minimum Gasteiger partial charge on any atom is -0.378 e. The standard InChI is InChI=1S/C9H18O2S2/c1-2-3-9(13)8-11-5-4-10-6-7-12/h2,9,12-13H,1,3-8H2. The first kappa shape index (κ1) is 13.4. The molecule has 0 rings (SSSR count). The molecule has 0 saturated heterocycles. The highest BCUT2D eigenvalue weighted by atomic mass is 32.1. The van der Waals surface area contributed by atoms with Gasteiger partial charge in [-0.2, -0.15) is 25.3 Å². The predicted molar refractivity (Wildman–Crippen MR) is 63.1 cm³/mol. The molecule has 0 aromatic carbocycles. The second-order valence-electron chi connectivity index (χ2n) is 2.59. The van der Waals surface area contributed by atoms with Crippen LogP contribution in [0.1, 0.15) is 6.42 Å². The van der Waals surface area contributed by atoms with Crippen LogP contribution in [0, 0.1) is 0 Å². The lowest BCUT2D eigenvalue weighted by molar-refractivity contribution is 0.0548. The molecule has 0 N–H and O–H groups in total. The molecule has 4 heteroatoms. The van der Waals surface area contributed by atoms with Gasteiger partial charge in [0.15, 0.2) is 0 Å². The zero-order chi connectivity index (χ0) is 9.94. The SMILES string of the molecule is C=CCC(S)COCCOCCS. The van der Waals surface area contributed by atoms with Crippen LogP contribution in [0.3, 0.4) is 0 Å². The molecule has 0 amide bonds. The summed E-state index contributed by atoms with van der Waals surface area (Å²) in [7, 11) is 0. The van der Waals surface area contributed by atoms with E-state index in [1.54, 1.807) is 0 Å². The predicted octanol–water partition coefficient (Wildman–Crippen LogP) is 1.82. The van der Waals surface area contributed by atoms with Crippen LogP contribution in [0.25, 0.3) is 0 Å². The Morgan fingerprint density at radius 3 is 2.54 bits per heavy atom. The van der Waals surface area contributed by atoms with Gasteiger partial charge in [0.2, 0.25) is 0 Å². The molecule has 0 heterocycles. The summed E-state index contributed by atoms with van der Waals surface area (Å²) in [5.74, 6) is 0.756. The first-order valence-corrected chi connectivity index (χ1v) is 5.51. The molecule has 78 valence electrons. The van der Waals surface area contributed by atoms with Gasteiger partial charge in [0.05, 0.1) is 26.4 Å². The van der Waals surface area contributed by atoms with Gasteiger partial charge in [0.25, 0.3) is 0 Å². The Morgan fingerprint density at radius 1 is 1.23 bits per heavy atom. The fourth-order valence-electron chi connectivity index (χ4n) is 0.764. The summed E-state index contributed by atoms with van der Waals surface area (Å²) in [6.07, 6.45) is 2.72. The van der Waals surface area contributed by atoms with Gasteiger partial charge < -0.3 is 9.47 Å². The normalized spacial score (nSPS) is 12.8. The number of allylic oxidation sites excluding steroid dienone is 1.